The topological polar surface area (TPSA) is 66.5 Å². The van der Waals surface area contributed by atoms with E-state index in [1.807, 2.05) is 31.4 Å². The molecule has 0 saturated carbocycles. The Kier molecular flexibility index (Phi) is 8.61. The van der Waals surface area contributed by atoms with Crippen LogP contribution in [0.2, 0.25) is 0 Å². The van der Waals surface area contributed by atoms with Gasteiger partial charge in [0.1, 0.15) is 12.4 Å². The lowest BCUT2D eigenvalue weighted by Crippen LogP contribution is -2.45. The maximum Gasteiger partial charge on any atom is 0.264 e. The zero-order chi connectivity index (χ0) is 25.6. The quantitative estimate of drug-likeness (QED) is 0.357. The molecule has 3 aromatic rings. The molecule has 0 radical (unpaired) electrons. The molecule has 0 saturated heterocycles. The Morgan fingerprint density at radius 3 is 2.29 bits per heavy atom. The van der Waals surface area contributed by atoms with Gasteiger partial charge in [-0.1, -0.05) is 50.2 Å². The molecule has 0 aliphatic heterocycles. The molecule has 5 nitrogen and oxygen atoms in total. The van der Waals surface area contributed by atoms with E-state index < -0.39 is 28.3 Å². The number of amides is 1. The second-order valence-corrected chi connectivity index (χ2v) is 11.8. The van der Waals surface area contributed by atoms with Gasteiger partial charge in [-0.05, 0) is 73.0 Å². The van der Waals surface area contributed by atoms with Crippen LogP contribution in [0, 0.1) is 5.82 Å². The number of sulfonamides is 1. The Morgan fingerprint density at radius 1 is 1.03 bits per heavy atom. The fourth-order valence-electron chi connectivity index (χ4n) is 4.10. The molecular formula is C27H31FN2O3S2. The second kappa shape index (κ2) is 11.3. The van der Waals surface area contributed by atoms with Crippen molar-refractivity contribution in [3.8, 4) is 0 Å². The maximum atomic E-state index is 14.0. The lowest BCUT2D eigenvalue weighted by Gasteiger charge is -2.30. The number of halogens is 1. The highest BCUT2D eigenvalue weighted by molar-refractivity contribution is 7.98. The Bertz CT molecular complexity index is 1250. The molecule has 0 aliphatic carbocycles. The molecule has 1 amide bonds. The summed E-state index contributed by atoms with van der Waals surface area (Å²) in [5.74, 6) is -1.05. The highest BCUT2D eigenvalue weighted by Crippen LogP contribution is 2.29. The first-order valence-corrected chi connectivity index (χ1v) is 14.0. The van der Waals surface area contributed by atoms with Crippen molar-refractivity contribution in [3.05, 3.63) is 90.2 Å². The van der Waals surface area contributed by atoms with Crippen molar-refractivity contribution in [2.24, 2.45) is 0 Å². The number of benzene rings is 3. The largest absolute Gasteiger partial charge is 0.352 e. The lowest BCUT2D eigenvalue weighted by atomic mass is 9.79. The second-order valence-electron chi connectivity index (χ2n) is 9.09. The first kappa shape index (κ1) is 26.8. The van der Waals surface area contributed by atoms with Crippen LogP contribution >= 0.6 is 11.8 Å². The van der Waals surface area contributed by atoms with E-state index in [2.05, 4.69) is 31.3 Å². The van der Waals surface area contributed by atoms with Gasteiger partial charge in [-0.2, -0.15) is 0 Å². The van der Waals surface area contributed by atoms with Gasteiger partial charge in [-0.15, -0.1) is 11.8 Å². The van der Waals surface area contributed by atoms with E-state index in [0.717, 1.165) is 20.8 Å². The monoisotopic (exact) mass is 514 g/mol. The molecule has 0 bridgehead atoms. The number of hydrogen-bond acceptors (Lipinski definition) is 4. The van der Waals surface area contributed by atoms with Crippen molar-refractivity contribution >= 4 is 33.4 Å². The van der Waals surface area contributed by atoms with Gasteiger partial charge >= 0.3 is 0 Å². The third kappa shape index (κ3) is 6.86. The molecule has 186 valence electrons. The van der Waals surface area contributed by atoms with Gasteiger partial charge in [0.05, 0.1) is 10.6 Å². The van der Waals surface area contributed by atoms with Crippen LogP contribution in [0.4, 0.5) is 10.1 Å². The number of anilines is 1. The summed E-state index contributed by atoms with van der Waals surface area (Å²) in [7, 11) is -4.11. The summed E-state index contributed by atoms with van der Waals surface area (Å²) >= 11 is 1.49. The molecule has 0 spiro atoms. The normalized spacial score (nSPS) is 12.7. The van der Waals surface area contributed by atoms with E-state index in [-0.39, 0.29) is 22.0 Å². The number of nitrogens with zero attached hydrogens (tertiary/aromatic N) is 1. The van der Waals surface area contributed by atoms with Crippen LogP contribution in [0.3, 0.4) is 0 Å². The average molecular weight is 515 g/mol. The number of rotatable bonds is 10. The summed E-state index contributed by atoms with van der Waals surface area (Å²) in [6, 6.07) is 21.5. The molecule has 0 aromatic heterocycles. The predicted octanol–water partition coefficient (Wildman–Crippen LogP) is 5.62. The Hall–Kier alpha value is -2.84. The van der Waals surface area contributed by atoms with E-state index in [1.54, 1.807) is 12.1 Å². The van der Waals surface area contributed by atoms with Crippen molar-refractivity contribution < 1.29 is 17.6 Å². The van der Waals surface area contributed by atoms with Gasteiger partial charge < -0.3 is 5.32 Å². The fraction of sp³-hybridized carbons (Fsp3) is 0.296. The van der Waals surface area contributed by atoms with Crippen LogP contribution in [0.15, 0.2) is 88.7 Å². The molecule has 0 heterocycles. The van der Waals surface area contributed by atoms with E-state index in [9.17, 15) is 17.6 Å². The number of carbonyl (C=O) groups excluding carboxylic acids is 1. The first-order chi connectivity index (χ1) is 16.5. The summed E-state index contributed by atoms with van der Waals surface area (Å²) in [5.41, 5.74) is 1.05. The molecule has 0 aliphatic rings. The molecular weight excluding hydrogens is 483 g/mol. The van der Waals surface area contributed by atoms with Crippen molar-refractivity contribution in [2.45, 2.75) is 48.4 Å². The van der Waals surface area contributed by atoms with Gasteiger partial charge in [0.15, 0.2) is 0 Å². The van der Waals surface area contributed by atoms with Gasteiger partial charge in [0.2, 0.25) is 5.91 Å². The maximum absolute atomic E-state index is 14.0. The lowest BCUT2D eigenvalue weighted by molar-refractivity contribution is -0.120. The SMILES string of the molecule is CSc1ccc(S(=O)(=O)N(CC(=O)NC(C)CC(C)(C)c2ccccc2)c2cccc(F)c2)cc1. The van der Waals surface area contributed by atoms with E-state index >= 15 is 0 Å². The molecule has 0 fully saturated rings. The highest BCUT2D eigenvalue weighted by Gasteiger charge is 2.29. The first-order valence-electron chi connectivity index (χ1n) is 11.3. The fourth-order valence-corrected chi connectivity index (χ4v) is 5.92. The van der Waals surface area contributed by atoms with E-state index in [4.69, 9.17) is 0 Å². The molecule has 35 heavy (non-hydrogen) atoms. The zero-order valence-corrected chi connectivity index (χ0v) is 22.0. The highest BCUT2D eigenvalue weighted by atomic mass is 32.2. The molecule has 8 heteroatoms. The summed E-state index contributed by atoms with van der Waals surface area (Å²) in [6.07, 6.45) is 2.55. The van der Waals surface area contributed by atoms with Crippen molar-refractivity contribution in [1.82, 2.24) is 5.32 Å². The predicted molar refractivity (Wildman–Crippen MR) is 141 cm³/mol. The third-order valence-electron chi connectivity index (χ3n) is 5.81. The van der Waals surface area contributed by atoms with Crippen LogP contribution in [0.25, 0.3) is 0 Å². The molecule has 3 aromatic carbocycles. The number of nitrogens with one attached hydrogen (secondary N) is 1. The summed E-state index contributed by atoms with van der Waals surface area (Å²) in [6.45, 7) is 5.64. The van der Waals surface area contributed by atoms with Crippen molar-refractivity contribution in [3.63, 3.8) is 0 Å². The van der Waals surface area contributed by atoms with Gasteiger partial charge in [0.25, 0.3) is 10.0 Å². The number of thioether (sulfide) groups is 1. The van der Waals surface area contributed by atoms with Crippen molar-refractivity contribution in [1.29, 1.82) is 0 Å². The van der Waals surface area contributed by atoms with E-state index in [1.165, 1.54) is 42.1 Å². The van der Waals surface area contributed by atoms with Gasteiger partial charge in [0, 0.05) is 10.9 Å². The minimum Gasteiger partial charge on any atom is -0.352 e. The third-order valence-corrected chi connectivity index (χ3v) is 8.34. The van der Waals surface area contributed by atoms with Crippen LogP contribution < -0.4 is 9.62 Å². The molecule has 1 atom stereocenters. The Morgan fingerprint density at radius 2 is 1.69 bits per heavy atom. The van der Waals surface area contributed by atoms with Crippen LogP contribution in [0.1, 0.15) is 32.8 Å². The van der Waals surface area contributed by atoms with Crippen LogP contribution in [-0.4, -0.2) is 33.2 Å². The van der Waals surface area contributed by atoms with Gasteiger partial charge in [-0.25, -0.2) is 12.8 Å². The van der Waals surface area contributed by atoms with Crippen LogP contribution in [-0.2, 0) is 20.2 Å². The van der Waals surface area contributed by atoms with E-state index in [0.29, 0.717) is 6.42 Å². The molecule has 1 N–H and O–H groups in total. The minimum absolute atomic E-state index is 0.0330. The van der Waals surface area contributed by atoms with Gasteiger partial charge in [-0.3, -0.25) is 9.10 Å². The molecule has 1 unspecified atom stereocenters. The van der Waals surface area contributed by atoms with Crippen LogP contribution in [0.5, 0.6) is 0 Å². The summed E-state index contributed by atoms with van der Waals surface area (Å²) in [5, 5.41) is 2.92. The smallest absolute Gasteiger partial charge is 0.264 e. The number of hydrogen-bond donors (Lipinski definition) is 1. The molecule has 3 rings (SSSR count). The zero-order valence-electron chi connectivity index (χ0n) is 20.4. The average Bonchev–Trinajstić information content (AvgIpc) is 2.82. The number of carbonyl (C=O) groups is 1. The Balaban J connectivity index is 1.81. The summed E-state index contributed by atoms with van der Waals surface area (Å²) in [4.78, 5) is 14.0. The van der Waals surface area contributed by atoms with Crippen molar-refractivity contribution in [2.75, 3.05) is 17.1 Å². The minimum atomic E-state index is -4.11. The summed E-state index contributed by atoms with van der Waals surface area (Å²) < 4.78 is 41.9. The standard InChI is InChI=1S/C27H31FN2O3S2/c1-20(18-27(2,3)21-9-6-5-7-10-21)29-26(31)19-30(23-12-8-11-22(28)17-23)35(32,33)25-15-13-24(34-4)14-16-25/h5-17,20H,18-19H2,1-4H3,(H,29,31). The Labute approximate surface area is 211 Å².